The number of Topliss-reactive ketones (excluding diaryl/α,β-unsaturated/α-hetero) is 2. The van der Waals surface area contributed by atoms with Crippen LogP contribution in [0.1, 0.15) is 168 Å². The number of nitrogens with zero attached hydrogens (tertiary/aromatic N) is 1. The van der Waals surface area contributed by atoms with E-state index in [1.165, 1.54) is 89.9 Å². The molecule has 0 saturated heterocycles. The van der Waals surface area contributed by atoms with Crippen LogP contribution in [0.15, 0.2) is 0 Å². The van der Waals surface area contributed by atoms with Crippen LogP contribution < -0.4 is 0 Å². The Morgan fingerprint density at radius 3 is 1.07 bits per heavy atom. The van der Waals surface area contributed by atoms with Gasteiger partial charge in [-0.15, -0.1) is 0 Å². The predicted octanol–water partition coefficient (Wildman–Crippen LogP) is 9.08. The number of rotatable bonds is 30. The Morgan fingerprint density at radius 1 is 0.561 bits per heavy atom. The minimum atomic E-state index is -5.07. The van der Waals surface area contributed by atoms with Gasteiger partial charge < -0.3 is 14.3 Å². The van der Waals surface area contributed by atoms with Crippen LogP contribution in [0.4, 0.5) is 0 Å². The first-order valence-corrected chi connectivity index (χ1v) is 18.5. The lowest BCUT2D eigenvalue weighted by Gasteiger charge is -2.37. The molecule has 0 bridgehead atoms. The Balaban J connectivity index is 4.81. The minimum absolute atomic E-state index is 0.0914. The number of phosphoric acid groups is 1. The fourth-order valence-corrected chi connectivity index (χ4v) is 6.30. The maximum Gasteiger partial charge on any atom is 0.471 e. The van der Waals surface area contributed by atoms with Crippen molar-refractivity contribution in [2.45, 2.75) is 174 Å². The third-order valence-electron chi connectivity index (χ3n) is 7.89. The van der Waals surface area contributed by atoms with Crippen molar-refractivity contribution in [3.63, 3.8) is 0 Å². The van der Waals surface area contributed by atoms with E-state index in [9.17, 15) is 23.9 Å². The Labute approximate surface area is 253 Å². The Bertz CT molecular complexity index is 677. The third kappa shape index (κ3) is 22.6. The summed E-state index contributed by atoms with van der Waals surface area (Å²) in [5.74, 6) is -0.976. The van der Waals surface area contributed by atoms with E-state index in [-0.39, 0.29) is 23.9 Å². The van der Waals surface area contributed by atoms with Crippen molar-refractivity contribution < 1.29 is 32.9 Å². The highest BCUT2D eigenvalue weighted by Gasteiger charge is 2.53. The van der Waals surface area contributed by atoms with Gasteiger partial charge in [-0.05, 0) is 12.8 Å². The zero-order valence-corrected chi connectivity index (χ0v) is 28.5. The number of unbranched alkanes of at least 4 members (excludes halogenated alkanes) is 20. The van der Waals surface area contributed by atoms with Gasteiger partial charge in [0.2, 0.25) is 5.60 Å². The average Bonchev–Trinajstić information content (AvgIpc) is 2.88. The van der Waals surface area contributed by atoms with E-state index in [0.29, 0.717) is 12.8 Å². The summed E-state index contributed by atoms with van der Waals surface area (Å²) in [5, 5.41) is 0. The molecule has 0 aliphatic heterocycles. The Morgan fingerprint density at radius 2 is 0.829 bits per heavy atom. The monoisotopic (exact) mass is 604 g/mol. The summed E-state index contributed by atoms with van der Waals surface area (Å²) in [5.41, 5.74) is -2.10. The molecule has 0 atom stereocenters. The normalized spacial score (nSPS) is 12.7. The van der Waals surface area contributed by atoms with Gasteiger partial charge in [0.15, 0.2) is 11.6 Å². The van der Waals surface area contributed by atoms with Crippen molar-refractivity contribution in [3.8, 4) is 0 Å². The number of phosphoric ester groups is 1. The van der Waals surface area contributed by atoms with E-state index in [1.807, 2.05) is 21.1 Å². The minimum Gasteiger partial charge on any atom is -0.328 e. The molecule has 0 aliphatic carbocycles. The van der Waals surface area contributed by atoms with Crippen LogP contribution in [0.3, 0.4) is 0 Å². The predicted molar refractivity (Wildman–Crippen MR) is 171 cm³/mol. The van der Waals surface area contributed by atoms with Gasteiger partial charge in [0, 0.05) is 12.8 Å². The van der Waals surface area contributed by atoms with E-state index in [0.717, 1.165) is 38.5 Å². The fraction of sp³-hybridized carbons (Fsp3) is 0.939. The molecule has 8 heteroatoms. The molecule has 244 valence electrons. The number of hydrogen-bond acceptors (Lipinski definition) is 4. The van der Waals surface area contributed by atoms with E-state index >= 15 is 0 Å². The van der Waals surface area contributed by atoms with Gasteiger partial charge in [0.1, 0.15) is 6.54 Å². The number of carbonyl (C=O) groups excluding carboxylic acids is 2. The van der Waals surface area contributed by atoms with Crippen molar-refractivity contribution in [1.29, 1.82) is 0 Å². The van der Waals surface area contributed by atoms with Crippen molar-refractivity contribution >= 4 is 19.4 Å². The molecule has 0 aliphatic rings. The molecule has 0 heterocycles. The summed E-state index contributed by atoms with van der Waals surface area (Å²) >= 11 is 0. The highest BCUT2D eigenvalue weighted by Crippen LogP contribution is 2.44. The number of ketones is 2. The van der Waals surface area contributed by atoms with E-state index < -0.39 is 25.0 Å². The fourth-order valence-electron chi connectivity index (χ4n) is 5.64. The lowest BCUT2D eigenvalue weighted by Crippen LogP contribution is -2.59. The number of carbonyl (C=O) groups is 2. The second kappa shape index (κ2) is 23.8. The van der Waals surface area contributed by atoms with Gasteiger partial charge in [0.25, 0.3) is 0 Å². The second-order valence-electron chi connectivity index (χ2n) is 13.3. The number of hydrogen-bond donors (Lipinski definition) is 2. The summed E-state index contributed by atoms with van der Waals surface area (Å²) in [6.45, 7) is 4.36. The van der Waals surface area contributed by atoms with Crippen LogP contribution in [-0.4, -0.2) is 59.1 Å². The molecule has 7 nitrogen and oxygen atoms in total. The zero-order chi connectivity index (χ0) is 31.0. The molecular formula is C33H67NO6P+. The first-order chi connectivity index (χ1) is 19.4. The average molecular weight is 605 g/mol. The molecule has 0 radical (unpaired) electrons. The topological polar surface area (TPSA) is 101 Å². The highest BCUT2D eigenvalue weighted by atomic mass is 31.2. The second-order valence-corrected chi connectivity index (χ2v) is 14.4. The van der Waals surface area contributed by atoms with E-state index in [4.69, 9.17) is 4.52 Å². The standard InChI is InChI=1S/C33H66NO6P/c1-6-8-10-12-14-16-18-20-22-24-26-28-31(35)33(30-34(3,4)5,40-41(37,38)39)32(36)29-27-25-23-21-19-17-15-13-11-9-7-2/h6-30H2,1-5H3,(H-,37,38,39)/p+1. The van der Waals surface area contributed by atoms with Crippen molar-refractivity contribution in [3.05, 3.63) is 0 Å². The highest BCUT2D eigenvalue weighted by molar-refractivity contribution is 7.46. The molecule has 41 heavy (non-hydrogen) atoms. The Hall–Kier alpha value is -0.590. The number of quaternary nitrogens is 1. The van der Waals surface area contributed by atoms with Crippen molar-refractivity contribution in [2.75, 3.05) is 27.7 Å². The first kappa shape index (κ1) is 40.4. The third-order valence-corrected chi connectivity index (χ3v) is 8.44. The van der Waals surface area contributed by atoms with E-state index in [2.05, 4.69) is 13.8 Å². The quantitative estimate of drug-likeness (QED) is 0.0367. The summed E-state index contributed by atoms with van der Waals surface area (Å²) in [6.07, 6.45) is 25.3. The molecule has 0 aromatic heterocycles. The van der Waals surface area contributed by atoms with Crippen LogP contribution >= 0.6 is 7.82 Å². The van der Waals surface area contributed by atoms with E-state index in [1.54, 1.807) is 0 Å². The molecule has 0 aromatic rings. The van der Waals surface area contributed by atoms with Crippen LogP contribution in [-0.2, 0) is 18.7 Å². The molecule has 0 amide bonds. The summed E-state index contributed by atoms with van der Waals surface area (Å²) in [4.78, 5) is 46.5. The van der Waals surface area contributed by atoms with Crippen molar-refractivity contribution in [2.24, 2.45) is 0 Å². The largest absolute Gasteiger partial charge is 0.471 e. The maximum absolute atomic E-state index is 13.5. The molecule has 0 saturated carbocycles. The zero-order valence-electron chi connectivity index (χ0n) is 27.6. The SMILES string of the molecule is CCCCCCCCCCCCCC(=O)C(C[N+](C)(C)C)(OP(=O)(O)O)C(=O)CCCCCCCCCCCCC. The summed E-state index contributed by atoms with van der Waals surface area (Å²) < 4.78 is 17.4. The summed E-state index contributed by atoms with van der Waals surface area (Å²) in [7, 11) is 0.356. The smallest absolute Gasteiger partial charge is 0.328 e. The molecule has 0 unspecified atom stereocenters. The van der Waals surface area contributed by atoms with Gasteiger partial charge in [-0.3, -0.25) is 14.1 Å². The number of likely N-dealkylation sites (N-methyl/N-ethyl adjacent to an activating group) is 1. The van der Waals surface area contributed by atoms with Crippen LogP contribution in [0.2, 0.25) is 0 Å². The molecule has 0 fully saturated rings. The Kier molecular flexibility index (Phi) is 23.5. The molecule has 0 rings (SSSR count). The van der Waals surface area contributed by atoms with Crippen LogP contribution in [0, 0.1) is 0 Å². The van der Waals surface area contributed by atoms with Gasteiger partial charge >= 0.3 is 7.82 Å². The molecule has 0 aromatic carbocycles. The first-order valence-electron chi connectivity index (χ1n) is 17.0. The molecule has 0 spiro atoms. The van der Waals surface area contributed by atoms with Gasteiger partial charge in [0.05, 0.1) is 21.1 Å². The summed E-state index contributed by atoms with van der Waals surface area (Å²) in [6, 6.07) is 0. The van der Waals surface area contributed by atoms with Gasteiger partial charge in [-0.25, -0.2) is 4.57 Å². The van der Waals surface area contributed by atoms with Crippen LogP contribution in [0.25, 0.3) is 0 Å². The molecular weight excluding hydrogens is 537 g/mol. The maximum atomic E-state index is 13.5. The van der Waals surface area contributed by atoms with Gasteiger partial charge in [-0.1, -0.05) is 142 Å². The lowest BCUT2D eigenvalue weighted by molar-refractivity contribution is -0.874. The van der Waals surface area contributed by atoms with Crippen molar-refractivity contribution in [1.82, 2.24) is 0 Å². The lowest BCUT2D eigenvalue weighted by atomic mass is 9.86. The van der Waals surface area contributed by atoms with Gasteiger partial charge in [-0.2, -0.15) is 0 Å². The van der Waals surface area contributed by atoms with Crippen LogP contribution in [0.5, 0.6) is 0 Å². The molecule has 2 N–H and O–H groups in total.